The highest BCUT2D eigenvalue weighted by Gasteiger charge is 2.24. The van der Waals surface area contributed by atoms with E-state index >= 15 is 0 Å². The second-order valence-corrected chi connectivity index (χ2v) is 6.43. The third-order valence-corrected chi connectivity index (χ3v) is 5.10. The highest BCUT2D eigenvalue weighted by molar-refractivity contribution is 7.17. The van der Waals surface area contributed by atoms with Gasteiger partial charge in [0.2, 0.25) is 0 Å². The summed E-state index contributed by atoms with van der Waals surface area (Å²) in [7, 11) is 0. The van der Waals surface area contributed by atoms with Crippen molar-refractivity contribution >= 4 is 22.3 Å². The van der Waals surface area contributed by atoms with Crippen molar-refractivity contribution < 1.29 is 14.6 Å². The van der Waals surface area contributed by atoms with Crippen LogP contribution in [0.1, 0.15) is 41.8 Å². The molecule has 0 amide bonds. The summed E-state index contributed by atoms with van der Waals surface area (Å²) in [6.07, 6.45) is 1.43. The van der Waals surface area contributed by atoms with Crippen LogP contribution in [-0.4, -0.2) is 27.1 Å². The third-order valence-electron chi connectivity index (χ3n) is 3.92. The molecule has 24 heavy (non-hydrogen) atoms. The lowest BCUT2D eigenvalue weighted by atomic mass is 10.1. The molecule has 3 rings (SSSR count). The van der Waals surface area contributed by atoms with E-state index in [9.17, 15) is 9.90 Å². The molecule has 2 heterocycles. The first-order chi connectivity index (χ1) is 11.6. The number of ether oxygens (including phenoxy) is 1. The number of aryl methyl sites for hydroxylation is 2. The molecule has 0 aliphatic heterocycles. The molecular weight excluding hydrogens is 324 g/mol. The number of rotatable bonds is 6. The molecule has 1 aromatic carbocycles. The van der Waals surface area contributed by atoms with Crippen LogP contribution in [0, 0.1) is 0 Å². The van der Waals surface area contributed by atoms with E-state index in [0.29, 0.717) is 18.7 Å². The van der Waals surface area contributed by atoms with Gasteiger partial charge in [0, 0.05) is 4.88 Å². The number of nitrogens with zero attached hydrogens (tertiary/aromatic N) is 2. The first-order valence-corrected chi connectivity index (χ1v) is 8.91. The Hall–Kier alpha value is -2.34. The second-order valence-electron chi connectivity index (χ2n) is 5.37. The Bertz CT molecular complexity index is 878. The van der Waals surface area contributed by atoms with Gasteiger partial charge in [0.1, 0.15) is 5.75 Å². The van der Waals surface area contributed by atoms with Gasteiger partial charge >= 0.3 is 5.97 Å². The maximum absolute atomic E-state index is 11.8. The molecule has 0 unspecified atom stereocenters. The van der Waals surface area contributed by atoms with Crippen molar-refractivity contribution in [3.63, 3.8) is 0 Å². The number of imidazole rings is 1. The fraction of sp³-hybridized carbons (Fsp3) is 0.333. The van der Waals surface area contributed by atoms with E-state index in [1.54, 1.807) is 15.7 Å². The standard InChI is InChI=1S/C18H20N2O3S/c1-4-13-16(17(21)22)20-15(14(5-2)24-18(20)19-13)11-7-9-12(10-8-11)23-6-3/h7-10H,4-6H2,1-3H3,(H,21,22). The molecule has 0 saturated heterocycles. The predicted molar refractivity (Wildman–Crippen MR) is 95.4 cm³/mol. The normalized spacial score (nSPS) is 11.1. The monoisotopic (exact) mass is 344 g/mol. The number of benzene rings is 1. The molecule has 0 fully saturated rings. The summed E-state index contributed by atoms with van der Waals surface area (Å²) in [4.78, 5) is 18.2. The summed E-state index contributed by atoms with van der Waals surface area (Å²) in [5, 5.41) is 9.67. The Balaban J connectivity index is 2.24. The van der Waals surface area contributed by atoms with Crippen LogP contribution in [0.5, 0.6) is 5.75 Å². The van der Waals surface area contributed by atoms with Gasteiger partial charge in [0.15, 0.2) is 10.7 Å². The van der Waals surface area contributed by atoms with Gasteiger partial charge in [-0.15, -0.1) is 11.3 Å². The Labute approximate surface area is 144 Å². The number of carboxylic acid groups (broad SMARTS) is 1. The molecule has 0 aliphatic rings. The minimum absolute atomic E-state index is 0.271. The average molecular weight is 344 g/mol. The number of aromatic nitrogens is 2. The predicted octanol–water partition coefficient (Wildman–Crippen LogP) is 4.28. The van der Waals surface area contributed by atoms with Gasteiger partial charge < -0.3 is 9.84 Å². The lowest BCUT2D eigenvalue weighted by Gasteiger charge is -2.08. The van der Waals surface area contributed by atoms with Crippen LogP contribution in [0.25, 0.3) is 16.2 Å². The summed E-state index contributed by atoms with van der Waals surface area (Å²) in [5.41, 5.74) is 2.80. The minimum Gasteiger partial charge on any atom is -0.494 e. The molecular formula is C18H20N2O3S. The number of aromatic carboxylic acids is 1. The topological polar surface area (TPSA) is 63.8 Å². The van der Waals surface area contributed by atoms with Gasteiger partial charge in [-0.25, -0.2) is 9.78 Å². The summed E-state index contributed by atoms with van der Waals surface area (Å²) in [5.74, 6) is -0.129. The van der Waals surface area contributed by atoms with E-state index in [0.717, 1.165) is 33.3 Å². The molecule has 0 radical (unpaired) electrons. The summed E-state index contributed by atoms with van der Waals surface area (Å²) >= 11 is 1.56. The molecule has 0 spiro atoms. The van der Waals surface area contributed by atoms with Gasteiger partial charge in [-0.05, 0) is 49.6 Å². The number of thiazole rings is 1. The molecule has 6 heteroatoms. The van der Waals surface area contributed by atoms with Crippen LogP contribution < -0.4 is 4.74 Å². The van der Waals surface area contributed by atoms with Crippen molar-refractivity contribution in [3.05, 3.63) is 40.5 Å². The lowest BCUT2D eigenvalue weighted by molar-refractivity contribution is 0.0688. The van der Waals surface area contributed by atoms with Crippen LogP contribution in [0.15, 0.2) is 24.3 Å². The van der Waals surface area contributed by atoms with Gasteiger partial charge in [0.05, 0.1) is 18.0 Å². The van der Waals surface area contributed by atoms with Gasteiger partial charge in [-0.2, -0.15) is 0 Å². The number of carboxylic acids is 1. The van der Waals surface area contributed by atoms with E-state index in [4.69, 9.17) is 4.74 Å². The van der Waals surface area contributed by atoms with Crippen LogP contribution >= 0.6 is 11.3 Å². The molecule has 1 N–H and O–H groups in total. The SMILES string of the molecule is CCOc1ccc(-c2c(CC)sc3nc(CC)c(C(=O)O)n23)cc1. The summed E-state index contributed by atoms with van der Waals surface area (Å²) in [6, 6.07) is 7.78. The Morgan fingerprint density at radius 2 is 1.92 bits per heavy atom. The Morgan fingerprint density at radius 1 is 1.21 bits per heavy atom. The second kappa shape index (κ2) is 6.65. The molecule has 3 aromatic rings. The average Bonchev–Trinajstić information content (AvgIpc) is 3.10. The summed E-state index contributed by atoms with van der Waals surface area (Å²) < 4.78 is 7.29. The smallest absolute Gasteiger partial charge is 0.354 e. The molecule has 5 nitrogen and oxygen atoms in total. The zero-order valence-corrected chi connectivity index (χ0v) is 14.8. The van der Waals surface area contributed by atoms with Crippen LogP contribution in [0.3, 0.4) is 0 Å². The minimum atomic E-state index is -0.938. The highest BCUT2D eigenvalue weighted by Crippen LogP contribution is 2.35. The number of fused-ring (bicyclic) bond motifs is 1. The third kappa shape index (κ3) is 2.67. The van der Waals surface area contributed by atoms with Crippen molar-refractivity contribution in [2.75, 3.05) is 6.61 Å². The van der Waals surface area contributed by atoms with Crippen LogP contribution in [-0.2, 0) is 12.8 Å². The largest absolute Gasteiger partial charge is 0.494 e. The first kappa shape index (κ1) is 16.5. The van der Waals surface area contributed by atoms with Crippen molar-refractivity contribution in [2.45, 2.75) is 33.6 Å². The zero-order valence-electron chi connectivity index (χ0n) is 14.0. The van der Waals surface area contributed by atoms with Gasteiger partial charge in [-0.3, -0.25) is 4.40 Å². The van der Waals surface area contributed by atoms with Crippen molar-refractivity contribution in [1.82, 2.24) is 9.38 Å². The quantitative estimate of drug-likeness (QED) is 0.725. The van der Waals surface area contributed by atoms with Gasteiger partial charge in [0.25, 0.3) is 0 Å². The maximum atomic E-state index is 11.8. The zero-order chi connectivity index (χ0) is 17.3. The fourth-order valence-corrected chi connectivity index (χ4v) is 3.97. The van der Waals surface area contributed by atoms with Crippen molar-refractivity contribution in [2.24, 2.45) is 0 Å². The Kier molecular flexibility index (Phi) is 4.57. The van der Waals surface area contributed by atoms with Crippen LogP contribution in [0.4, 0.5) is 0 Å². The maximum Gasteiger partial charge on any atom is 0.354 e. The van der Waals surface area contributed by atoms with Crippen LogP contribution in [0.2, 0.25) is 0 Å². The fourth-order valence-electron chi connectivity index (χ4n) is 2.87. The van der Waals surface area contributed by atoms with E-state index in [1.165, 1.54) is 0 Å². The van der Waals surface area contributed by atoms with Gasteiger partial charge in [-0.1, -0.05) is 13.8 Å². The van der Waals surface area contributed by atoms with E-state index in [-0.39, 0.29) is 5.69 Å². The lowest BCUT2D eigenvalue weighted by Crippen LogP contribution is -2.06. The molecule has 0 saturated carbocycles. The van der Waals surface area contributed by atoms with Crippen molar-refractivity contribution in [1.29, 1.82) is 0 Å². The number of carbonyl (C=O) groups is 1. The number of hydrogen-bond donors (Lipinski definition) is 1. The molecule has 0 aliphatic carbocycles. The van der Waals surface area contributed by atoms with E-state index < -0.39 is 5.97 Å². The molecule has 2 aromatic heterocycles. The number of hydrogen-bond acceptors (Lipinski definition) is 4. The van der Waals surface area contributed by atoms with Crippen molar-refractivity contribution in [3.8, 4) is 17.0 Å². The molecule has 0 bridgehead atoms. The van der Waals surface area contributed by atoms with E-state index in [1.807, 2.05) is 38.1 Å². The highest BCUT2D eigenvalue weighted by atomic mass is 32.1. The molecule has 0 atom stereocenters. The first-order valence-electron chi connectivity index (χ1n) is 8.10. The molecule has 126 valence electrons. The summed E-state index contributed by atoms with van der Waals surface area (Å²) in [6.45, 7) is 6.57. The van der Waals surface area contributed by atoms with E-state index in [2.05, 4.69) is 11.9 Å². The Morgan fingerprint density at radius 3 is 2.46 bits per heavy atom.